The molecule has 2 heterocycles. The first-order valence-corrected chi connectivity index (χ1v) is 6.79. The van der Waals surface area contributed by atoms with Gasteiger partial charge in [0.15, 0.2) is 0 Å². The molecule has 22 heavy (non-hydrogen) atoms. The van der Waals surface area contributed by atoms with Crippen molar-refractivity contribution in [3.63, 3.8) is 0 Å². The second-order valence-electron chi connectivity index (χ2n) is 4.80. The molecule has 3 rings (SSSR count). The zero-order valence-corrected chi connectivity index (χ0v) is 12.0. The average molecular weight is 294 g/mol. The lowest BCUT2D eigenvalue weighted by molar-refractivity contribution is 0.0997. The number of carbonyl (C=O) groups is 1. The molecular weight excluding hydrogens is 280 g/mol. The Balaban J connectivity index is 1.78. The van der Waals surface area contributed by atoms with Crippen molar-refractivity contribution < 1.29 is 9.32 Å². The summed E-state index contributed by atoms with van der Waals surface area (Å²) in [5.41, 5.74) is 2.04. The number of aromatic nitrogens is 3. The third kappa shape index (κ3) is 3.17. The Kier molecular flexibility index (Phi) is 3.91. The summed E-state index contributed by atoms with van der Waals surface area (Å²) in [6.07, 6.45) is 4.65. The zero-order valence-electron chi connectivity index (χ0n) is 12.0. The Hall–Kier alpha value is -3.02. The largest absolute Gasteiger partial charge is 0.364 e. The predicted molar refractivity (Wildman–Crippen MR) is 78.9 cm³/mol. The predicted octanol–water partition coefficient (Wildman–Crippen LogP) is 1.97. The summed E-state index contributed by atoms with van der Waals surface area (Å²) >= 11 is 0. The number of carbonyl (C=O) groups excluding carboxylic acids is 1. The molecule has 0 aliphatic heterocycles. The molecule has 0 N–H and O–H groups in total. The normalized spacial score (nSPS) is 11.6. The van der Waals surface area contributed by atoms with E-state index in [1.54, 1.807) is 30.1 Å². The maximum Gasteiger partial charge on any atom is 0.282 e. The summed E-state index contributed by atoms with van der Waals surface area (Å²) in [5.74, 6) is -0.388. The van der Waals surface area contributed by atoms with E-state index in [4.69, 9.17) is 4.52 Å². The molecule has 6 nitrogen and oxygen atoms in total. The fourth-order valence-corrected chi connectivity index (χ4v) is 1.98. The van der Waals surface area contributed by atoms with Crippen LogP contribution in [-0.2, 0) is 6.54 Å². The molecule has 6 heteroatoms. The van der Waals surface area contributed by atoms with Gasteiger partial charge in [0.1, 0.15) is 11.8 Å². The number of rotatable bonds is 3. The molecule has 0 aliphatic rings. The molecule has 2 aromatic heterocycles. The molecule has 0 radical (unpaired) electrons. The first-order valence-electron chi connectivity index (χ1n) is 6.79. The zero-order chi connectivity index (χ0) is 15.4. The van der Waals surface area contributed by atoms with Crippen LogP contribution in [0.2, 0.25) is 0 Å². The summed E-state index contributed by atoms with van der Waals surface area (Å²) < 4.78 is 6.52. The average Bonchev–Trinajstić information content (AvgIpc) is 2.96. The van der Waals surface area contributed by atoms with Crippen LogP contribution >= 0.6 is 0 Å². The van der Waals surface area contributed by atoms with Gasteiger partial charge in [-0.05, 0) is 18.6 Å². The van der Waals surface area contributed by atoms with E-state index in [-0.39, 0.29) is 5.91 Å². The Bertz CT molecular complexity index is 829. The smallest absolute Gasteiger partial charge is 0.282 e. The number of amides is 1. The monoisotopic (exact) mass is 294 g/mol. The highest BCUT2D eigenvalue weighted by molar-refractivity contribution is 5.95. The summed E-state index contributed by atoms with van der Waals surface area (Å²) in [6, 6.07) is 11.8. The Morgan fingerprint density at radius 2 is 2.09 bits per heavy atom. The second kappa shape index (κ2) is 6.17. The number of hydrogen-bond acceptors (Lipinski definition) is 4. The fourth-order valence-electron chi connectivity index (χ4n) is 1.98. The Morgan fingerprint density at radius 3 is 2.73 bits per heavy atom. The van der Waals surface area contributed by atoms with Crippen molar-refractivity contribution in [2.75, 3.05) is 0 Å². The van der Waals surface area contributed by atoms with Crippen LogP contribution in [-0.4, -0.2) is 20.8 Å². The van der Waals surface area contributed by atoms with Crippen molar-refractivity contribution in [2.24, 2.45) is 4.99 Å². The van der Waals surface area contributed by atoms with Crippen LogP contribution in [0.3, 0.4) is 0 Å². The van der Waals surface area contributed by atoms with Crippen molar-refractivity contribution in [3.05, 3.63) is 77.2 Å². The van der Waals surface area contributed by atoms with Crippen LogP contribution in [0.25, 0.3) is 0 Å². The van der Waals surface area contributed by atoms with Gasteiger partial charge in [0.2, 0.25) is 0 Å². The molecule has 1 aromatic carbocycles. The molecule has 0 bridgehead atoms. The molecule has 110 valence electrons. The lowest BCUT2D eigenvalue weighted by atomic mass is 10.2. The summed E-state index contributed by atoms with van der Waals surface area (Å²) in [4.78, 5) is 16.0. The van der Waals surface area contributed by atoms with E-state index in [0.29, 0.717) is 23.2 Å². The number of nitrogens with zero attached hydrogens (tertiary/aromatic N) is 4. The molecule has 0 unspecified atom stereocenters. The highest BCUT2D eigenvalue weighted by Crippen LogP contribution is 2.05. The molecule has 0 spiro atoms. The molecule has 0 aliphatic carbocycles. The maximum absolute atomic E-state index is 12.0. The van der Waals surface area contributed by atoms with Gasteiger partial charge in [-0.15, -0.1) is 0 Å². The first kappa shape index (κ1) is 13.9. The number of hydrogen-bond donors (Lipinski definition) is 0. The van der Waals surface area contributed by atoms with Crippen molar-refractivity contribution in [3.8, 4) is 0 Å². The van der Waals surface area contributed by atoms with Crippen LogP contribution in [0.1, 0.15) is 21.6 Å². The van der Waals surface area contributed by atoms with Gasteiger partial charge in [-0.25, -0.2) is 4.99 Å². The SMILES string of the molecule is Cc1nocc1C(=O)N=c1ccn(Cc2ccccc2)nc1. The number of aryl methyl sites for hydroxylation is 1. The van der Waals surface area contributed by atoms with Crippen LogP contribution in [0.15, 0.2) is 64.6 Å². The van der Waals surface area contributed by atoms with E-state index < -0.39 is 0 Å². The summed E-state index contributed by atoms with van der Waals surface area (Å²) in [5, 5.41) is 8.42. The van der Waals surface area contributed by atoms with Crippen LogP contribution in [0, 0.1) is 6.92 Å². The van der Waals surface area contributed by atoms with Crippen molar-refractivity contribution >= 4 is 5.91 Å². The third-order valence-corrected chi connectivity index (χ3v) is 3.15. The summed E-state index contributed by atoms with van der Waals surface area (Å²) in [6.45, 7) is 2.36. The van der Waals surface area contributed by atoms with E-state index in [0.717, 1.165) is 5.56 Å². The molecule has 1 amide bonds. The molecule has 0 saturated heterocycles. The molecule has 0 fully saturated rings. The second-order valence-corrected chi connectivity index (χ2v) is 4.80. The van der Waals surface area contributed by atoms with E-state index >= 15 is 0 Å². The van der Waals surface area contributed by atoms with Gasteiger partial charge in [-0.2, -0.15) is 5.10 Å². The van der Waals surface area contributed by atoms with Crippen LogP contribution < -0.4 is 5.36 Å². The third-order valence-electron chi connectivity index (χ3n) is 3.15. The molecule has 0 atom stereocenters. The minimum absolute atomic E-state index is 0.362. The molecular formula is C16H14N4O2. The standard InChI is InChI=1S/C16H14N4O2/c1-12-15(11-22-19-12)16(21)18-14-7-8-20(17-9-14)10-13-5-3-2-4-6-13/h2-9,11H,10H2,1H3. The van der Waals surface area contributed by atoms with Gasteiger partial charge >= 0.3 is 0 Å². The van der Waals surface area contributed by atoms with Gasteiger partial charge in [0.25, 0.3) is 5.91 Å². The van der Waals surface area contributed by atoms with Crippen molar-refractivity contribution in [1.29, 1.82) is 0 Å². The maximum atomic E-state index is 12.0. The fraction of sp³-hybridized carbons (Fsp3) is 0.125. The van der Waals surface area contributed by atoms with Crippen LogP contribution in [0.5, 0.6) is 0 Å². The minimum atomic E-state index is -0.388. The van der Waals surface area contributed by atoms with E-state index in [1.165, 1.54) is 6.26 Å². The molecule has 0 saturated carbocycles. The summed E-state index contributed by atoms with van der Waals surface area (Å²) in [7, 11) is 0. The van der Waals surface area contributed by atoms with Gasteiger partial charge in [0.05, 0.1) is 23.8 Å². The molecule has 3 aromatic rings. The minimum Gasteiger partial charge on any atom is -0.364 e. The highest BCUT2D eigenvalue weighted by Gasteiger charge is 2.10. The van der Waals surface area contributed by atoms with Gasteiger partial charge in [-0.1, -0.05) is 35.5 Å². The lowest BCUT2D eigenvalue weighted by Gasteiger charge is -2.04. The van der Waals surface area contributed by atoms with Crippen molar-refractivity contribution in [2.45, 2.75) is 13.5 Å². The van der Waals surface area contributed by atoms with Crippen LogP contribution in [0.4, 0.5) is 0 Å². The van der Waals surface area contributed by atoms with Gasteiger partial charge in [0, 0.05) is 6.20 Å². The van der Waals surface area contributed by atoms with E-state index in [2.05, 4.69) is 15.2 Å². The van der Waals surface area contributed by atoms with E-state index in [9.17, 15) is 4.79 Å². The topological polar surface area (TPSA) is 73.3 Å². The van der Waals surface area contributed by atoms with Crippen molar-refractivity contribution in [1.82, 2.24) is 14.9 Å². The Labute approximate surface area is 126 Å². The number of benzene rings is 1. The lowest BCUT2D eigenvalue weighted by Crippen LogP contribution is -2.13. The first-order chi connectivity index (χ1) is 10.7. The quantitative estimate of drug-likeness (QED) is 0.740. The Morgan fingerprint density at radius 1 is 1.27 bits per heavy atom. The van der Waals surface area contributed by atoms with Gasteiger partial charge < -0.3 is 4.52 Å². The highest BCUT2D eigenvalue weighted by atomic mass is 16.5. The van der Waals surface area contributed by atoms with E-state index in [1.807, 2.05) is 30.3 Å². The van der Waals surface area contributed by atoms with Gasteiger partial charge in [-0.3, -0.25) is 9.48 Å².